The van der Waals surface area contributed by atoms with Crippen molar-refractivity contribution in [3.05, 3.63) is 47.4 Å². The summed E-state index contributed by atoms with van der Waals surface area (Å²) in [5.41, 5.74) is 1.39. The molecule has 1 N–H and O–H groups in total. The fourth-order valence-electron chi connectivity index (χ4n) is 3.21. The van der Waals surface area contributed by atoms with Crippen LogP contribution in [0.1, 0.15) is 26.1 Å². The molecule has 0 saturated carbocycles. The third kappa shape index (κ3) is 4.63. The maximum absolute atomic E-state index is 12.8. The van der Waals surface area contributed by atoms with E-state index >= 15 is 0 Å². The van der Waals surface area contributed by atoms with Gasteiger partial charge in [-0.2, -0.15) is 4.31 Å². The summed E-state index contributed by atoms with van der Waals surface area (Å²) in [6, 6.07) is 8.22. The maximum atomic E-state index is 12.8. The number of hydrogen-bond donors (Lipinski definition) is 1. The summed E-state index contributed by atoms with van der Waals surface area (Å²) in [5, 5.41) is 3.21. The van der Waals surface area contributed by atoms with Crippen LogP contribution in [0.3, 0.4) is 0 Å². The van der Waals surface area contributed by atoms with Crippen molar-refractivity contribution in [2.24, 2.45) is 7.05 Å². The number of carbonyl (C=O) groups excluding carboxylic acids is 1. The maximum Gasteiger partial charge on any atom is 0.243 e. The van der Waals surface area contributed by atoms with Crippen LogP contribution in [0.2, 0.25) is 5.02 Å². The number of aromatic nitrogens is 3. The fourth-order valence-corrected chi connectivity index (χ4v) is 4.80. The highest BCUT2D eigenvalue weighted by atomic mass is 35.5. The van der Waals surface area contributed by atoms with Gasteiger partial charge in [0, 0.05) is 39.2 Å². The number of sulfonamides is 1. The van der Waals surface area contributed by atoms with Crippen LogP contribution in [-0.2, 0) is 28.3 Å². The van der Waals surface area contributed by atoms with Crippen LogP contribution in [0.5, 0.6) is 0 Å². The molecule has 0 bridgehead atoms. The summed E-state index contributed by atoms with van der Waals surface area (Å²) in [7, 11) is -1.71. The van der Waals surface area contributed by atoms with E-state index in [1.54, 1.807) is 30.3 Å². The number of pyridine rings is 1. The van der Waals surface area contributed by atoms with Crippen LogP contribution in [0.25, 0.3) is 11.0 Å². The zero-order valence-corrected chi connectivity index (χ0v) is 18.7. The molecule has 10 heteroatoms. The average molecular weight is 450 g/mol. The van der Waals surface area contributed by atoms with Crippen molar-refractivity contribution in [1.29, 1.82) is 0 Å². The van der Waals surface area contributed by atoms with Gasteiger partial charge in [-0.15, -0.1) is 0 Å². The average Bonchev–Trinajstić information content (AvgIpc) is 3.04. The van der Waals surface area contributed by atoms with Crippen molar-refractivity contribution >= 4 is 44.4 Å². The Labute approximate surface area is 180 Å². The van der Waals surface area contributed by atoms with E-state index in [1.165, 1.54) is 10.5 Å². The number of nitrogens with zero attached hydrogens (tertiary/aromatic N) is 4. The van der Waals surface area contributed by atoms with Gasteiger partial charge in [-0.1, -0.05) is 25.4 Å². The SMILES string of the molecule is CCN(CC)S(=O)(=O)c1ccc2c(c1)nc(CCC(=O)Nc1ccc(Cl)cn1)n2C. The Balaban J connectivity index is 1.76. The third-order valence-corrected chi connectivity index (χ3v) is 7.13. The first-order chi connectivity index (χ1) is 14.3. The van der Waals surface area contributed by atoms with E-state index in [0.717, 1.165) is 5.52 Å². The van der Waals surface area contributed by atoms with Crippen LogP contribution in [0.4, 0.5) is 5.82 Å². The predicted molar refractivity (Wildman–Crippen MR) is 117 cm³/mol. The number of aryl methyl sites for hydroxylation is 2. The number of nitrogens with one attached hydrogen (secondary N) is 1. The first-order valence-electron chi connectivity index (χ1n) is 9.63. The lowest BCUT2D eigenvalue weighted by Crippen LogP contribution is -2.30. The summed E-state index contributed by atoms with van der Waals surface area (Å²) in [6.45, 7) is 4.43. The minimum Gasteiger partial charge on any atom is -0.331 e. The van der Waals surface area contributed by atoms with Crippen molar-refractivity contribution in [3.63, 3.8) is 0 Å². The summed E-state index contributed by atoms with van der Waals surface area (Å²) >= 11 is 5.79. The Bertz CT molecular complexity index is 1160. The lowest BCUT2D eigenvalue weighted by molar-refractivity contribution is -0.116. The molecule has 0 atom stereocenters. The first kappa shape index (κ1) is 22.2. The lowest BCUT2D eigenvalue weighted by atomic mass is 10.3. The number of hydrogen-bond acceptors (Lipinski definition) is 5. The van der Waals surface area contributed by atoms with Gasteiger partial charge in [0.05, 0.1) is 21.0 Å². The summed E-state index contributed by atoms with van der Waals surface area (Å²) in [4.78, 5) is 21.0. The van der Waals surface area contributed by atoms with Crippen molar-refractivity contribution in [2.75, 3.05) is 18.4 Å². The van der Waals surface area contributed by atoms with E-state index < -0.39 is 10.0 Å². The molecule has 0 aliphatic rings. The Hall–Kier alpha value is -2.49. The number of amides is 1. The largest absolute Gasteiger partial charge is 0.331 e. The summed E-state index contributed by atoms with van der Waals surface area (Å²) in [6.07, 6.45) is 2.08. The smallest absolute Gasteiger partial charge is 0.243 e. The Morgan fingerprint density at radius 2 is 1.93 bits per heavy atom. The van der Waals surface area contributed by atoms with Gasteiger partial charge in [0.1, 0.15) is 11.6 Å². The highest BCUT2D eigenvalue weighted by molar-refractivity contribution is 7.89. The topological polar surface area (TPSA) is 97.2 Å². The van der Waals surface area contributed by atoms with Gasteiger partial charge in [0.15, 0.2) is 0 Å². The molecule has 0 aliphatic heterocycles. The molecule has 1 aromatic carbocycles. The number of benzene rings is 1. The molecule has 0 aliphatic carbocycles. The van der Waals surface area contributed by atoms with Crippen molar-refractivity contribution in [2.45, 2.75) is 31.6 Å². The molecule has 0 saturated heterocycles. The molecular weight excluding hydrogens is 426 g/mol. The van der Waals surface area contributed by atoms with Gasteiger partial charge in [-0.25, -0.2) is 18.4 Å². The van der Waals surface area contributed by atoms with E-state index in [4.69, 9.17) is 11.6 Å². The Morgan fingerprint density at radius 1 is 1.20 bits per heavy atom. The van der Waals surface area contributed by atoms with Crippen LogP contribution in [-0.4, -0.2) is 46.3 Å². The van der Waals surface area contributed by atoms with Crippen LogP contribution >= 0.6 is 11.6 Å². The van der Waals surface area contributed by atoms with Gasteiger partial charge in [0.2, 0.25) is 15.9 Å². The molecule has 0 fully saturated rings. The number of anilines is 1. The second-order valence-electron chi connectivity index (χ2n) is 6.74. The van der Waals surface area contributed by atoms with E-state index in [2.05, 4.69) is 15.3 Å². The van der Waals surface area contributed by atoms with Gasteiger partial charge in [-0.3, -0.25) is 4.79 Å². The van der Waals surface area contributed by atoms with E-state index in [9.17, 15) is 13.2 Å². The molecular formula is C20H24ClN5O3S. The molecule has 0 unspecified atom stereocenters. The lowest BCUT2D eigenvalue weighted by Gasteiger charge is -2.18. The van der Waals surface area contributed by atoms with Crippen molar-refractivity contribution < 1.29 is 13.2 Å². The van der Waals surface area contributed by atoms with Gasteiger partial charge in [0.25, 0.3) is 0 Å². The molecule has 1 amide bonds. The van der Waals surface area contributed by atoms with Crippen LogP contribution < -0.4 is 5.32 Å². The number of carbonyl (C=O) groups is 1. The van der Waals surface area contributed by atoms with E-state index in [-0.39, 0.29) is 17.2 Å². The normalized spacial score (nSPS) is 11.9. The molecule has 2 heterocycles. The fraction of sp³-hybridized carbons (Fsp3) is 0.350. The monoisotopic (exact) mass is 449 g/mol. The van der Waals surface area contributed by atoms with Gasteiger partial charge < -0.3 is 9.88 Å². The summed E-state index contributed by atoms with van der Waals surface area (Å²) < 4.78 is 28.8. The Morgan fingerprint density at radius 3 is 2.57 bits per heavy atom. The van der Waals surface area contributed by atoms with Gasteiger partial charge in [-0.05, 0) is 30.3 Å². The zero-order chi connectivity index (χ0) is 21.9. The number of fused-ring (bicyclic) bond motifs is 1. The molecule has 8 nitrogen and oxygen atoms in total. The third-order valence-electron chi connectivity index (χ3n) is 4.86. The highest BCUT2D eigenvalue weighted by Crippen LogP contribution is 2.23. The molecule has 2 aromatic heterocycles. The Kier molecular flexibility index (Phi) is 6.74. The summed E-state index contributed by atoms with van der Waals surface area (Å²) in [5.74, 6) is 0.934. The molecule has 160 valence electrons. The second-order valence-corrected chi connectivity index (χ2v) is 9.11. The van der Waals surface area contributed by atoms with Gasteiger partial charge >= 0.3 is 0 Å². The minimum absolute atomic E-state index is 0.193. The highest BCUT2D eigenvalue weighted by Gasteiger charge is 2.22. The quantitative estimate of drug-likeness (QED) is 0.569. The second kappa shape index (κ2) is 9.11. The first-order valence-corrected chi connectivity index (χ1v) is 11.4. The number of imidazole rings is 1. The van der Waals surface area contributed by atoms with Crippen molar-refractivity contribution in [1.82, 2.24) is 18.8 Å². The van der Waals surface area contributed by atoms with E-state index in [1.807, 2.05) is 25.5 Å². The molecule has 3 rings (SSSR count). The number of halogens is 1. The zero-order valence-electron chi connectivity index (χ0n) is 17.1. The van der Waals surface area contributed by atoms with Crippen LogP contribution in [0, 0.1) is 0 Å². The number of rotatable bonds is 8. The van der Waals surface area contributed by atoms with Crippen molar-refractivity contribution in [3.8, 4) is 0 Å². The molecule has 30 heavy (non-hydrogen) atoms. The predicted octanol–water partition coefficient (Wildman–Crippen LogP) is 3.22. The standard InChI is InChI=1S/C20H24ClN5O3S/c1-4-26(5-2)30(28,29)15-7-8-17-16(12-15)23-19(25(17)3)10-11-20(27)24-18-9-6-14(21)13-22-18/h6-9,12-13H,4-5,10-11H2,1-3H3,(H,22,24,27). The molecule has 0 spiro atoms. The molecule has 3 aromatic rings. The molecule has 0 radical (unpaired) electrons. The minimum atomic E-state index is -3.56. The van der Waals surface area contributed by atoms with E-state index in [0.29, 0.717) is 41.7 Å². The van der Waals surface area contributed by atoms with Crippen LogP contribution in [0.15, 0.2) is 41.4 Å².